The predicted molar refractivity (Wildman–Crippen MR) is 78.2 cm³/mol. The Bertz CT molecular complexity index is 606. The highest BCUT2D eigenvalue weighted by Crippen LogP contribution is 2.18. The number of thiazole rings is 1. The molecule has 1 amide bonds. The smallest absolute Gasteiger partial charge is 0.254 e. The van der Waals surface area contributed by atoms with Gasteiger partial charge in [-0.25, -0.2) is 4.98 Å². The molecule has 19 heavy (non-hydrogen) atoms. The first kappa shape index (κ1) is 13.5. The molecule has 2 rings (SSSR count). The lowest BCUT2D eigenvalue weighted by atomic mass is 10.1. The molecule has 100 valence electrons. The van der Waals surface area contributed by atoms with Gasteiger partial charge in [0.15, 0.2) is 0 Å². The third kappa shape index (κ3) is 3.12. The van der Waals surface area contributed by atoms with Crippen LogP contribution in [0.2, 0.25) is 0 Å². The fourth-order valence-corrected chi connectivity index (χ4v) is 2.71. The number of hydrogen-bond acceptors (Lipinski definition) is 4. The van der Waals surface area contributed by atoms with Gasteiger partial charge in [-0.1, -0.05) is 6.07 Å². The largest absolute Gasteiger partial charge is 0.399 e. The van der Waals surface area contributed by atoms with Crippen LogP contribution in [0.15, 0.2) is 24.4 Å². The average molecular weight is 275 g/mol. The van der Waals surface area contributed by atoms with Gasteiger partial charge in [-0.15, -0.1) is 11.3 Å². The second kappa shape index (κ2) is 5.40. The molecule has 0 spiro atoms. The molecular weight excluding hydrogens is 258 g/mol. The van der Waals surface area contributed by atoms with Crippen LogP contribution in [-0.4, -0.2) is 22.8 Å². The lowest BCUT2D eigenvalue weighted by Gasteiger charge is -2.17. The van der Waals surface area contributed by atoms with Gasteiger partial charge in [-0.2, -0.15) is 0 Å². The van der Waals surface area contributed by atoms with Crippen LogP contribution < -0.4 is 5.73 Å². The maximum Gasteiger partial charge on any atom is 0.254 e. The van der Waals surface area contributed by atoms with Gasteiger partial charge in [-0.05, 0) is 31.5 Å². The van der Waals surface area contributed by atoms with Crippen molar-refractivity contribution in [3.8, 4) is 0 Å². The molecule has 0 bridgehead atoms. The highest BCUT2D eigenvalue weighted by molar-refractivity contribution is 7.11. The Kier molecular flexibility index (Phi) is 3.85. The van der Waals surface area contributed by atoms with Gasteiger partial charge in [0.05, 0.1) is 11.6 Å². The van der Waals surface area contributed by atoms with E-state index in [1.165, 1.54) is 0 Å². The number of benzene rings is 1. The summed E-state index contributed by atoms with van der Waals surface area (Å²) in [6, 6.07) is 5.40. The number of rotatable bonds is 3. The minimum absolute atomic E-state index is 0.0177. The third-order valence-electron chi connectivity index (χ3n) is 2.90. The molecule has 1 heterocycles. The Balaban J connectivity index is 2.16. The molecule has 0 unspecified atom stereocenters. The zero-order chi connectivity index (χ0) is 14.0. The normalized spacial score (nSPS) is 10.5. The number of amides is 1. The van der Waals surface area contributed by atoms with E-state index in [2.05, 4.69) is 4.98 Å². The fourth-order valence-electron chi connectivity index (χ4n) is 1.86. The quantitative estimate of drug-likeness (QED) is 0.876. The number of anilines is 1. The molecule has 2 N–H and O–H groups in total. The summed E-state index contributed by atoms with van der Waals surface area (Å²) in [6.07, 6.45) is 1.82. The number of nitrogens with zero attached hydrogens (tertiary/aromatic N) is 2. The second-order valence-electron chi connectivity index (χ2n) is 4.58. The first-order chi connectivity index (χ1) is 8.97. The van der Waals surface area contributed by atoms with Crippen LogP contribution in [0.5, 0.6) is 0 Å². The summed E-state index contributed by atoms with van der Waals surface area (Å²) in [5, 5.41) is 1.01. The topological polar surface area (TPSA) is 59.2 Å². The summed E-state index contributed by atoms with van der Waals surface area (Å²) in [5.41, 5.74) is 7.94. The highest BCUT2D eigenvalue weighted by Gasteiger charge is 2.15. The van der Waals surface area contributed by atoms with Crippen LogP contribution in [0.4, 0.5) is 5.69 Å². The summed E-state index contributed by atoms with van der Waals surface area (Å²) in [5.74, 6) is -0.0177. The summed E-state index contributed by atoms with van der Waals surface area (Å²) < 4.78 is 0. The van der Waals surface area contributed by atoms with Crippen molar-refractivity contribution in [3.05, 3.63) is 45.4 Å². The number of nitrogens with two attached hydrogens (primary N) is 1. The third-order valence-corrected chi connectivity index (χ3v) is 3.80. The number of aromatic nitrogens is 1. The molecule has 2 aromatic rings. The van der Waals surface area contributed by atoms with Crippen LogP contribution in [-0.2, 0) is 6.54 Å². The van der Waals surface area contributed by atoms with Crippen molar-refractivity contribution in [2.24, 2.45) is 0 Å². The van der Waals surface area contributed by atoms with Gasteiger partial charge < -0.3 is 10.6 Å². The van der Waals surface area contributed by atoms with Crippen LogP contribution in [0.25, 0.3) is 0 Å². The van der Waals surface area contributed by atoms with Gasteiger partial charge in [0.2, 0.25) is 0 Å². The van der Waals surface area contributed by atoms with E-state index in [0.29, 0.717) is 17.8 Å². The molecule has 0 saturated heterocycles. The van der Waals surface area contributed by atoms with Gasteiger partial charge in [0.1, 0.15) is 0 Å². The summed E-state index contributed by atoms with van der Waals surface area (Å²) in [7, 11) is 1.79. The molecule has 4 nitrogen and oxygen atoms in total. The zero-order valence-corrected chi connectivity index (χ0v) is 12.1. The monoisotopic (exact) mass is 275 g/mol. The first-order valence-corrected chi connectivity index (χ1v) is 6.82. The summed E-state index contributed by atoms with van der Waals surface area (Å²) >= 11 is 1.61. The molecule has 0 aliphatic carbocycles. The Labute approximate surface area is 116 Å². The van der Waals surface area contributed by atoms with E-state index >= 15 is 0 Å². The van der Waals surface area contributed by atoms with Crippen molar-refractivity contribution in [3.63, 3.8) is 0 Å². The molecule has 0 aliphatic rings. The van der Waals surface area contributed by atoms with E-state index in [0.717, 1.165) is 15.4 Å². The van der Waals surface area contributed by atoms with Gasteiger partial charge >= 0.3 is 0 Å². The van der Waals surface area contributed by atoms with Crippen molar-refractivity contribution in [2.75, 3.05) is 12.8 Å². The van der Waals surface area contributed by atoms with Crippen LogP contribution >= 0.6 is 11.3 Å². The number of carbonyl (C=O) groups excluding carboxylic acids is 1. The van der Waals surface area contributed by atoms with E-state index in [-0.39, 0.29) is 5.91 Å². The van der Waals surface area contributed by atoms with Crippen molar-refractivity contribution in [1.29, 1.82) is 0 Å². The van der Waals surface area contributed by atoms with E-state index in [9.17, 15) is 4.79 Å². The zero-order valence-electron chi connectivity index (χ0n) is 11.3. The molecule has 0 saturated carbocycles. The standard InChI is InChI=1S/C14H17N3OS/c1-9-4-5-11(15)6-13(9)14(18)17(3)8-12-7-16-10(2)19-12/h4-7H,8,15H2,1-3H3. The maximum absolute atomic E-state index is 12.4. The van der Waals surface area contributed by atoms with E-state index < -0.39 is 0 Å². The van der Waals surface area contributed by atoms with Gasteiger partial charge in [0.25, 0.3) is 5.91 Å². The van der Waals surface area contributed by atoms with Crippen LogP contribution in [0.1, 0.15) is 25.8 Å². The minimum Gasteiger partial charge on any atom is -0.399 e. The highest BCUT2D eigenvalue weighted by atomic mass is 32.1. The van der Waals surface area contributed by atoms with Crippen molar-refractivity contribution < 1.29 is 4.79 Å². The fraction of sp³-hybridized carbons (Fsp3) is 0.286. The van der Waals surface area contributed by atoms with Crippen molar-refractivity contribution in [1.82, 2.24) is 9.88 Å². The van der Waals surface area contributed by atoms with Gasteiger partial charge in [0, 0.05) is 29.4 Å². The molecule has 0 atom stereocenters. The summed E-state index contributed by atoms with van der Waals surface area (Å²) in [6.45, 7) is 4.44. The van der Waals surface area contributed by atoms with Crippen molar-refractivity contribution in [2.45, 2.75) is 20.4 Å². The predicted octanol–water partition coefficient (Wildman–Crippen LogP) is 2.61. The molecule has 0 radical (unpaired) electrons. The number of carbonyl (C=O) groups is 1. The Morgan fingerprint density at radius 2 is 2.16 bits per heavy atom. The Morgan fingerprint density at radius 1 is 1.42 bits per heavy atom. The molecule has 5 heteroatoms. The second-order valence-corrected chi connectivity index (χ2v) is 5.90. The molecule has 1 aromatic carbocycles. The Morgan fingerprint density at radius 3 is 2.79 bits per heavy atom. The number of aryl methyl sites for hydroxylation is 2. The summed E-state index contributed by atoms with van der Waals surface area (Å²) in [4.78, 5) is 19.3. The molecule has 0 aliphatic heterocycles. The number of nitrogen functional groups attached to an aromatic ring is 1. The Hall–Kier alpha value is -1.88. The lowest BCUT2D eigenvalue weighted by molar-refractivity contribution is 0.0785. The average Bonchev–Trinajstić information content (AvgIpc) is 2.77. The molecule has 0 fully saturated rings. The van der Waals surface area contributed by atoms with E-state index in [4.69, 9.17) is 5.73 Å². The lowest BCUT2D eigenvalue weighted by Crippen LogP contribution is -2.26. The van der Waals surface area contributed by atoms with E-state index in [1.807, 2.05) is 26.1 Å². The minimum atomic E-state index is -0.0177. The van der Waals surface area contributed by atoms with E-state index in [1.54, 1.807) is 35.4 Å². The SMILES string of the molecule is Cc1ncc(CN(C)C(=O)c2cc(N)ccc2C)s1. The van der Waals surface area contributed by atoms with Gasteiger partial charge in [-0.3, -0.25) is 4.79 Å². The van der Waals surface area contributed by atoms with Crippen molar-refractivity contribution >= 4 is 22.9 Å². The molecular formula is C14H17N3OS. The van der Waals surface area contributed by atoms with Crippen LogP contribution in [0, 0.1) is 13.8 Å². The number of hydrogen-bond donors (Lipinski definition) is 1. The van der Waals surface area contributed by atoms with Crippen LogP contribution in [0.3, 0.4) is 0 Å². The molecule has 1 aromatic heterocycles. The first-order valence-electron chi connectivity index (χ1n) is 6.00. The maximum atomic E-state index is 12.4.